The van der Waals surface area contributed by atoms with Gasteiger partial charge in [-0.1, -0.05) is 19.9 Å². The van der Waals surface area contributed by atoms with Gasteiger partial charge in [0.2, 0.25) is 5.91 Å². The highest BCUT2D eigenvalue weighted by atomic mass is 16.6. The van der Waals surface area contributed by atoms with E-state index in [1.165, 1.54) is 12.1 Å². The monoisotopic (exact) mass is 279 g/mol. The molecule has 7 heteroatoms. The number of nitro benzene ring substituents is 1. The summed E-state index contributed by atoms with van der Waals surface area (Å²) in [6.07, 6.45) is 0. The number of rotatable bonds is 5. The summed E-state index contributed by atoms with van der Waals surface area (Å²) in [6, 6.07) is 3.34. The number of hydrogen-bond donors (Lipinski definition) is 2. The molecule has 108 valence electrons. The lowest BCUT2D eigenvalue weighted by Gasteiger charge is -2.18. The molecule has 0 aliphatic rings. The van der Waals surface area contributed by atoms with Crippen LogP contribution >= 0.6 is 0 Å². The predicted molar refractivity (Wildman–Crippen MR) is 73.1 cm³/mol. The molecule has 0 heterocycles. The van der Waals surface area contributed by atoms with Crippen LogP contribution in [0.15, 0.2) is 18.2 Å². The minimum atomic E-state index is -0.873. The quantitative estimate of drug-likeness (QED) is 0.621. The van der Waals surface area contributed by atoms with Crippen LogP contribution in [0.4, 0.5) is 5.69 Å². The van der Waals surface area contributed by atoms with Crippen LogP contribution in [0.2, 0.25) is 0 Å². The molecule has 0 radical (unpaired) electrons. The van der Waals surface area contributed by atoms with E-state index in [1.54, 1.807) is 26.8 Å². The van der Waals surface area contributed by atoms with Crippen molar-refractivity contribution in [3.63, 3.8) is 0 Å². The number of carbonyl (C=O) groups excluding carboxylic acids is 2. The van der Waals surface area contributed by atoms with E-state index in [-0.39, 0.29) is 17.2 Å². The van der Waals surface area contributed by atoms with Gasteiger partial charge >= 0.3 is 0 Å². The van der Waals surface area contributed by atoms with Crippen LogP contribution in [-0.2, 0) is 4.79 Å². The lowest BCUT2D eigenvalue weighted by Crippen LogP contribution is -2.47. The molecule has 2 amide bonds. The minimum Gasteiger partial charge on any atom is -0.368 e. The highest BCUT2D eigenvalue weighted by Crippen LogP contribution is 2.20. The lowest BCUT2D eigenvalue weighted by atomic mass is 10.0. The van der Waals surface area contributed by atoms with Crippen molar-refractivity contribution in [2.24, 2.45) is 11.7 Å². The first-order valence-electron chi connectivity index (χ1n) is 6.09. The fraction of sp³-hybridized carbons (Fsp3) is 0.385. The summed E-state index contributed by atoms with van der Waals surface area (Å²) in [5.41, 5.74) is 5.53. The van der Waals surface area contributed by atoms with E-state index in [0.717, 1.165) is 0 Å². The number of nitro groups is 1. The first-order valence-corrected chi connectivity index (χ1v) is 6.09. The molecule has 0 unspecified atom stereocenters. The van der Waals surface area contributed by atoms with Crippen LogP contribution in [-0.4, -0.2) is 22.8 Å². The molecular weight excluding hydrogens is 262 g/mol. The van der Waals surface area contributed by atoms with Crippen molar-refractivity contribution in [2.45, 2.75) is 26.8 Å². The van der Waals surface area contributed by atoms with Crippen molar-refractivity contribution >= 4 is 17.5 Å². The normalized spacial score (nSPS) is 12.0. The Morgan fingerprint density at radius 2 is 1.95 bits per heavy atom. The molecule has 0 spiro atoms. The van der Waals surface area contributed by atoms with Gasteiger partial charge in [-0.3, -0.25) is 19.7 Å². The SMILES string of the molecule is Cc1ccc([N+](=O)[O-])c(C(=O)N[C@H](C(N)=O)C(C)C)c1. The largest absolute Gasteiger partial charge is 0.368 e. The molecule has 1 aromatic rings. The van der Waals surface area contributed by atoms with E-state index in [1.807, 2.05) is 0 Å². The molecule has 3 N–H and O–H groups in total. The zero-order valence-corrected chi connectivity index (χ0v) is 11.5. The lowest BCUT2D eigenvalue weighted by molar-refractivity contribution is -0.385. The zero-order chi connectivity index (χ0) is 15.4. The summed E-state index contributed by atoms with van der Waals surface area (Å²) in [7, 11) is 0. The van der Waals surface area contributed by atoms with Gasteiger partial charge in [0.15, 0.2) is 0 Å². The van der Waals surface area contributed by atoms with Gasteiger partial charge in [0.05, 0.1) is 4.92 Å². The van der Waals surface area contributed by atoms with Gasteiger partial charge in [-0.05, 0) is 24.5 Å². The van der Waals surface area contributed by atoms with Gasteiger partial charge in [0.25, 0.3) is 11.6 Å². The first kappa shape index (κ1) is 15.6. The van der Waals surface area contributed by atoms with Crippen LogP contribution in [0.25, 0.3) is 0 Å². The molecular formula is C13H17N3O4. The molecule has 0 saturated heterocycles. The Kier molecular flexibility index (Phi) is 4.79. The number of nitrogens with zero attached hydrogens (tertiary/aromatic N) is 1. The molecule has 7 nitrogen and oxygen atoms in total. The Morgan fingerprint density at radius 1 is 1.35 bits per heavy atom. The first-order chi connectivity index (χ1) is 9.23. The second-order valence-electron chi connectivity index (χ2n) is 4.88. The number of benzene rings is 1. The Morgan fingerprint density at radius 3 is 2.40 bits per heavy atom. The van der Waals surface area contributed by atoms with Crippen LogP contribution < -0.4 is 11.1 Å². The number of carbonyl (C=O) groups is 2. The van der Waals surface area contributed by atoms with E-state index in [0.29, 0.717) is 5.56 Å². The third kappa shape index (κ3) is 3.53. The number of nitrogens with two attached hydrogens (primary N) is 1. The Hall–Kier alpha value is -2.44. The number of aryl methyl sites for hydroxylation is 1. The standard InChI is InChI=1S/C13H17N3O4/c1-7(2)11(12(14)17)15-13(18)9-6-8(3)4-5-10(9)16(19)20/h4-7,11H,1-3H3,(H2,14,17)(H,15,18)/t11-/m0/s1. The Balaban J connectivity index is 3.11. The molecule has 0 fully saturated rings. The van der Waals surface area contributed by atoms with Crippen LogP contribution in [0.1, 0.15) is 29.8 Å². The molecule has 0 bridgehead atoms. The van der Waals surface area contributed by atoms with Crippen molar-refractivity contribution in [3.8, 4) is 0 Å². The molecule has 1 rings (SSSR count). The molecule has 20 heavy (non-hydrogen) atoms. The molecule has 0 aliphatic heterocycles. The number of hydrogen-bond acceptors (Lipinski definition) is 4. The second-order valence-corrected chi connectivity index (χ2v) is 4.88. The van der Waals surface area contributed by atoms with E-state index in [2.05, 4.69) is 5.32 Å². The number of primary amides is 1. The van der Waals surface area contributed by atoms with Gasteiger partial charge in [-0.25, -0.2) is 0 Å². The molecule has 1 aromatic carbocycles. The summed E-state index contributed by atoms with van der Waals surface area (Å²) >= 11 is 0. The van der Waals surface area contributed by atoms with Gasteiger partial charge in [0.1, 0.15) is 11.6 Å². The average molecular weight is 279 g/mol. The maximum Gasteiger partial charge on any atom is 0.282 e. The predicted octanol–water partition coefficient (Wildman–Crippen LogP) is 1.14. The number of amides is 2. The smallest absolute Gasteiger partial charge is 0.282 e. The Labute approximate surface area is 116 Å². The van der Waals surface area contributed by atoms with Gasteiger partial charge in [-0.2, -0.15) is 0 Å². The highest BCUT2D eigenvalue weighted by Gasteiger charge is 2.26. The molecule has 0 aliphatic carbocycles. The third-order valence-electron chi connectivity index (χ3n) is 2.85. The molecule has 0 aromatic heterocycles. The highest BCUT2D eigenvalue weighted by molar-refractivity contribution is 6.00. The Bertz CT molecular complexity index is 555. The van der Waals surface area contributed by atoms with Crippen molar-refractivity contribution < 1.29 is 14.5 Å². The molecule has 1 atom stereocenters. The second kappa shape index (κ2) is 6.14. The van der Waals surface area contributed by atoms with Crippen molar-refractivity contribution in [3.05, 3.63) is 39.4 Å². The summed E-state index contributed by atoms with van der Waals surface area (Å²) in [4.78, 5) is 33.7. The fourth-order valence-electron chi connectivity index (χ4n) is 1.78. The minimum absolute atomic E-state index is 0.0816. The maximum atomic E-state index is 12.1. The van der Waals surface area contributed by atoms with Crippen molar-refractivity contribution in [1.29, 1.82) is 0 Å². The zero-order valence-electron chi connectivity index (χ0n) is 11.5. The van der Waals surface area contributed by atoms with E-state index >= 15 is 0 Å². The molecule has 0 saturated carbocycles. The van der Waals surface area contributed by atoms with E-state index < -0.39 is 22.8 Å². The summed E-state index contributed by atoms with van der Waals surface area (Å²) in [5.74, 6) is -1.57. The van der Waals surface area contributed by atoms with E-state index in [4.69, 9.17) is 5.73 Å². The fourth-order valence-corrected chi connectivity index (χ4v) is 1.78. The van der Waals surface area contributed by atoms with Crippen LogP contribution in [0.3, 0.4) is 0 Å². The van der Waals surface area contributed by atoms with Gasteiger partial charge in [0, 0.05) is 6.07 Å². The summed E-state index contributed by atoms with van der Waals surface area (Å²) in [6.45, 7) is 5.16. The summed E-state index contributed by atoms with van der Waals surface area (Å²) in [5, 5.41) is 13.4. The van der Waals surface area contributed by atoms with Gasteiger partial charge < -0.3 is 11.1 Å². The van der Waals surface area contributed by atoms with Crippen molar-refractivity contribution in [2.75, 3.05) is 0 Å². The topological polar surface area (TPSA) is 115 Å². The van der Waals surface area contributed by atoms with E-state index in [9.17, 15) is 19.7 Å². The third-order valence-corrected chi connectivity index (χ3v) is 2.85. The number of nitrogens with one attached hydrogen (secondary N) is 1. The van der Waals surface area contributed by atoms with Crippen LogP contribution in [0.5, 0.6) is 0 Å². The van der Waals surface area contributed by atoms with Crippen molar-refractivity contribution in [1.82, 2.24) is 5.32 Å². The maximum absolute atomic E-state index is 12.1. The average Bonchev–Trinajstić information content (AvgIpc) is 2.34. The van der Waals surface area contributed by atoms with Gasteiger partial charge in [-0.15, -0.1) is 0 Å². The summed E-state index contributed by atoms with van der Waals surface area (Å²) < 4.78 is 0. The van der Waals surface area contributed by atoms with Crippen LogP contribution in [0, 0.1) is 23.0 Å².